The zero-order chi connectivity index (χ0) is 16.4. The summed E-state index contributed by atoms with van der Waals surface area (Å²) >= 11 is 0. The Morgan fingerprint density at radius 2 is 1.71 bits per heavy atom. The number of hydrogen-bond donors (Lipinski definition) is 1. The molecule has 0 atom stereocenters. The van der Waals surface area contributed by atoms with Crippen LogP contribution in [0.3, 0.4) is 0 Å². The summed E-state index contributed by atoms with van der Waals surface area (Å²) in [5.41, 5.74) is 5.25. The Hall–Kier alpha value is -2.32. The van der Waals surface area contributed by atoms with Crippen LogP contribution in [0.5, 0.6) is 0 Å². The van der Waals surface area contributed by atoms with Crippen LogP contribution in [0, 0.1) is 0 Å². The summed E-state index contributed by atoms with van der Waals surface area (Å²) in [5.74, 6) is 0.684. The Morgan fingerprint density at radius 3 is 2.50 bits per heavy atom. The molecule has 24 heavy (non-hydrogen) atoms. The van der Waals surface area contributed by atoms with Crippen molar-refractivity contribution in [1.82, 2.24) is 9.88 Å². The lowest BCUT2D eigenvalue weighted by Crippen LogP contribution is -2.29. The number of piperidine rings is 1. The van der Waals surface area contributed by atoms with Gasteiger partial charge in [0, 0.05) is 17.1 Å². The molecule has 3 aromatic rings. The van der Waals surface area contributed by atoms with Gasteiger partial charge in [-0.15, -0.1) is 0 Å². The van der Waals surface area contributed by atoms with Crippen LogP contribution < -0.4 is 0 Å². The molecule has 1 aliphatic rings. The van der Waals surface area contributed by atoms with Crippen LogP contribution in [-0.2, 0) is 0 Å². The van der Waals surface area contributed by atoms with Gasteiger partial charge in [-0.25, -0.2) is 0 Å². The van der Waals surface area contributed by atoms with E-state index in [2.05, 4.69) is 83.8 Å². The van der Waals surface area contributed by atoms with Gasteiger partial charge in [0.2, 0.25) is 0 Å². The van der Waals surface area contributed by atoms with E-state index < -0.39 is 0 Å². The Kier molecular flexibility index (Phi) is 4.22. The molecular formula is C22H24N2. The zero-order valence-electron chi connectivity index (χ0n) is 14.2. The second-order valence-electron chi connectivity index (χ2n) is 6.87. The molecular weight excluding hydrogens is 292 g/mol. The molecule has 1 N–H and O–H groups in total. The molecule has 0 aliphatic carbocycles. The van der Waals surface area contributed by atoms with Gasteiger partial charge in [0.25, 0.3) is 0 Å². The fourth-order valence-corrected chi connectivity index (χ4v) is 3.68. The Morgan fingerprint density at radius 1 is 0.958 bits per heavy atom. The zero-order valence-corrected chi connectivity index (χ0v) is 14.2. The van der Waals surface area contributed by atoms with Gasteiger partial charge >= 0.3 is 0 Å². The van der Waals surface area contributed by atoms with Crippen molar-refractivity contribution in [3.63, 3.8) is 0 Å². The number of likely N-dealkylation sites (tertiary alicyclic amines) is 1. The van der Waals surface area contributed by atoms with E-state index in [1.807, 2.05) is 0 Å². The van der Waals surface area contributed by atoms with Crippen molar-refractivity contribution in [2.45, 2.75) is 18.8 Å². The lowest BCUT2D eigenvalue weighted by molar-refractivity contribution is 0.256. The highest BCUT2D eigenvalue weighted by molar-refractivity contribution is 5.87. The number of rotatable bonds is 3. The average molecular weight is 316 g/mol. The van der Waals surface area contributed by atoms with Crippen LogP contribution in [0.25, 0.3) is 23.1 Å². The van der Waals surface area contributed by atoms with E-state index in [1.54, 1.807) is 0 Å². The van der Waals surface area contributed by atoms with Crippen molar-refractivity contribution < 1.29 is 0 Å². The molecule has 0 amide bonds. The van der Waals surface area contributed by atoms with Crippen molar-refractivity contribution >= 4 is 23.1 Å². The molecule has 0 saturated carbocycles. The first-order valence-electron chi connectivity index (χ1n) is 8.82. The molecule has 2 heterocycles. The predicted molar refractivity (Wildman–Crippen MR) is 103 cm³/mol. The number of H-pyrrole nitrogens is 1. The minimum absolute atomic E-state index is 0.684. The number of aromatic nitrogens is 1. The van der Waals surface area contributed by atoms with Gasteiger partial charge in [-0.1, -0.05) is 48.6 Å². The minimum Gasteiger partial charge on any atom is -0.361 e. The second-order valence-corrected chi connectivity index (χ2v) is 6.87. The van der Waals surface area contributed by atoms with Gasteiger partial charge in [-0.2, -0.15) is 0 Å². The van der Waals surface area contributed by atoms with Gasteiger partial charge in [-0.05, 0) is 67.7 Å². The summed E-state index contributed by atoms with van der Waals surface area (Å²) in [7, 11) is 2.22. The maximum absolute atomic E-state index is 3.46. The molecule has 1 saturated heterocycles. The third-order valence-corrected chi connectivity index (χ3v) is 5.16. The van der Waals surface area contributed by atoms with Crippen molar-refractivity contribution in [1.29, 1.82) is 0 Å². The van der Waals surface area contributed by atoms with Crippen molar-refractivity contribution in [3.05, 3.63) is 71.4 Å². The first kappa shape index (κ1) is 15.2. The Balaban J connectivity index is 1.62. The number of benzene rings is 2. The maximum atomic E-state index is 3.46. The van der Waals surface area contributed by atoms with Gasteiger partial charge < -0.3 is 9.88 Å². The van der Waals surface area contributed by atoms with E-state index in [1.165, 1.54) is 53.5 Å². The van der Waals surface area contributed by atoms with Crippen LogP contribution in [0.2, 0.25) is 0 Å². The number of nitrogens with zero attached hydrogens (tertiary/aromatic N) is 1. The van der Waals surface area contributed by atoms with Crippen LogP contribution in [0.15, 0.2) is 54.7 Å². The third-order valence-electron chi connectivity index (χ3n) is 5.16. The molecule has 1 fully saturated rings. The molecule has 2 aromatic carbocycles. The van der Waals surface area contributed by atoms with Crippen LogP contribution >= 0.6 is 0 Å². The monoisotopic (exact) mass is 316 g/mol. The lowest BCUT2D eigenvalue weighted by Gasteiger charge is -2.28. The standard InChI is InChI=1S/C22H24N2/c1-24-13-11-19(12-14-24)21-16-23-22-10-9-18(15-20(21)22)8-7-17-5-3-2-4-6-17/h2-10,15-16,19,23H,11-14H2,1H3. The average Bonchev–Trinajstić information content (AvgIpc) is 3.05. The summed E-state index contributed by atoms with van der Waals surface area (Å²) in [5, 5.41) is 1.39. The van der Waals surface area contributed by atoms with E-state index in [4.69, 9.17) is 0 Å². The van der Waals surface area contributed by atoms with E-state index in [-0.39, 0.29) is 0 Å². The van der Waals surface area contributed by atoms with Crippen LogP contribution in [0.1, 0.15) is 35.4 Å². The van der Waals surface area contributed by atoms with E-state index in [0.717, 1.165) is 0 Å². The van der Waals surface area contributed by atoms with Gasteiger partial charge in [-0.3, -0.25) is 0 Å². The fourth-order valence-electron chi connectivity index (χ4n) is 3.68. The molecule has 122 valence electrons. The molecule has 0 unspecified atom stereocenters. The normalized spacial score (nSPS) is 17.0. The molecule has 0 bridgehead atoms. The highest BCUT2D eigenvalue weighted by Crippen LogP contribution is 2.33. The van der Waals surface area contributed by atoms with Crippen molar-refractivity contribution in [3.8, 4) is 0 Å². The third kappa shape index (κ3) is 3.15. The molecule has 2 nitrogen and oxygen atoms in total. The summed E-state index contributed by atoms with van der Waals surface area (Å²) < 4.78 is 0. The van der Waals surface area contributed by atoms with E-state index in [0.29, 0.717) is 5.92 Å². The van der Waals surface area contributed by atoms with Crippen LogP contribution in [-0.4, -0.2) is 30.0 Å². The summed E-state index contributed by atoms with van der Waals surface area (Å²) in [6.45, 7) is 2.40. The topological polar surface area (TPSA) is 19.0 Å². The molecule has 0 radical (unpaired) electrons. The summed E-state index contributed by atoms with van der Waals surface area (Å²) in [4.78, 5) is 5.89. The minimum atomic E-state index is 0.684. The summed E-state index contributed by atoms with van der Waals surface area (Å²) in [6.07, 6.45) is 9.13. The number of nitrogens with one attached hydrogen (secondary N) is 1. The molecule has 1 aliphatic heterocycles. The first-order chi connectivity index (χ1) is 11.8. The molecule has 1 aromatic heterocycles. The second kappa shape index (κ2) is 6.66. The number of hydrogen-bond acceptors (Lipinski definition) is 1. The Labute approximate surface area is 143 Å². The van der Waals surface area contributed by atoms with Crippen molar-refractivity contribution in [2.75, 3.05) is 20.1 Å². The highest BCUT2D eigenvalue weighted by Gasteiger charge is 2.20. The predicted octanol–water partition coefficient (Wildman–Crippen LogP) is 5.15. The number of fused-ring (bicyclic) bond motifs is 1. The first-order valence-corrected chi connectivity index (χ1v) is 8.82. The van der Waals surface area contributed by atoms with Gasteiger partial charge in [0.05, 0.1) is 0 Å². The summed E-state index contributed by atoms with van der Waals surface area (Å²) in [6, 6.07) is 17.2. The van der Waals surface area contributed by atoms with Crippen molar-refractivity contribution in [2.24, 2.45) is 0 Å². The smallest absolute Gasteiger partial charge is 0.0457 e. The van der Waals surface area contributed by atoms with E-state index in [9.17, 15) is 0 Å². The quantitative estimate of drug-likeness (QED) is 0.662. The number of aromatic amines is 1. The maximum Gasteiger partial charge on any atom is 0.0457 e. The fraction of sp³-hybridized carbons (Fsp3) is 0.273. The SMILES string of the molecule is CN1CCC(c2c[nH]c3ccc(C=Cc4ccccc4)cc23)CC1. The van der Waals surface area contributed by atoms with Gasteiger partial charge in [0.1, 0.15) is 0 Å². The van der Waals surface area contributed by atoms with Crippen LogP contribution in [0.4, 0.5) is 0 Å². The lowest BCUT2D eigenvalue weighted by atomic mass is 9.89. The molecule has 0 spiro atoms. The largest absolute Gasteiger partial charge is 0.361 e. The highest BCUT2D eigenvalue weighted by atomic mass is 15.1. The van der Waals surface area contributed by atoms with Gasteiger partial charge in [0.15, 0.2) is 0 Å². The Bertz CT molecular complexity index is 837. The molecule has 4 rings (SSSR count). The van der Waals surface area contributed by atoms with E-state index >= 15 is 0 Å². The molecule has 2 heteroatoms.